The number of rotatable bonds is 0. The SMILES string of the molecule is [CH2]N1C(=O)Cc2ccccc21. The van der Waals surface area contributed by atoms with Gasteiger partial charge in [0.05, 0.1) is 6.42 Å². The number of para-hydroxylation sites is 1. The van der Waals surface area contributed by atoms with Gasteiger partial charge >= 0.3 is 0 Å². The molecule has 1 radical (unpaired) electrons. The largest absolute Gasteiger partial charge is 0.310 e. The molecule has 1 aliphatic rings. The van der Waals surface area contributed by atoms with Crippen LogP contribution in [0.15, 0.2) is 24.3 Å². The Labute approximate surface area is 65.4 Å². The van der Waals surface area contributed by atoms with E-state index in [0.717, 1.165) is 11.3 Å². The van der Waals surface area contributed by atoms with E-state index in [9.17, 15) is 4.79 Å². The molecule has 55 valence electrons. The van der Waals surface area contributed by atoms with E-state index >= 15 is 0 Å². The van der Waals surface area contributed by atoms with Crippen LogP contribution in [0.2, 0.25) is 0 Å². The number of carbonyl (C=O) groups is 1. The van der Waals surface area contributed by atoms with E-state index < -0.39 is 0 Å². The summed E-state index contributed by atoms with van der Waals surface area (Å²) >= 11 is 0. The summed E-state index contributed by atoms with van der Waals surface area (Å²) in [7, 11) is 3.64. The van der Waals surface area contributed by atoms with Gasteiger partial charge in [-0.1, -0.05) is 18.2 Å². The van der Waals surface area contributed by atoms with Crippen LogP contribution < -0.4 is 4.90 Å². The molecule has 0 unspecified atom stereocenters. The molecule has 0 saturated heterocycles. The van der Waals surface area contributed by atoms with Crippen LogP contribution in [-0.4, -0.2) is 5.91 Å². The monoisotopic (exact) mass is 146 g/mol. The fraction of sp³-hybridized carbons (Fsp3) is 0.111. The number of amides is 1. The van der Waals surface area contributed by atoms with Crippen molar-refractivity contribution < 1.29 is 4.79 Å². The zero-order valence-corrected chi connectivity index (χ0v) is 6.08. The second-order valence-electron chi connectivity index (χ2n) is 2.63. The van der Waals surface area contributed by atoms with Crippen LogP contribution in [0.25, 0.3) is 0 Å². The van der Waals surface area contributed by atoms with Crippen LogP contribution in [0, 0.1) is 7.05 Å². The van der Waals surface area contributed by atoms with E-state index in [1.165, 1.54) is 4.90 Å². The second kappa shape index (κ2) is 2.09. The van der Waals surface area contributed by atoms with Gasteiger partial charge in [-0.05, 0) is 11.6 Å². The van der Waals surface area contributed by atoms with Crippen molar-refractivity contribution in [3.8, 4) is 0 Å². The first kappa shape index (κ1) is 6.40. The molecule has 2 rings (SSSR count). The average molecular weight is 146 g/mol. The Hall–Kier alpha value is -1.31. The number of fused-ring (bicyclic) bond motifs is 1. The molecule has 0 fully saturated rings. The minimum atomic E-state index is 0.0752. The maximum Gasteiger partial charge on any atom is 0.231 e. The highest BCUT2D eigenvalue weighted by atomic mass is 16.2. The Morgan fingerprint density at radius 1 is 1.36 bits per heavy atom. The summed E-state index contributed by atoms with van der Waals surface area (Å²) in [6.45, 7) is 0. The predicted octanol–water partition coefficient (Wildman–Crippen LogP) is 1.37. The third-order valence-electron chi connectivity index (χ3n) is 1.93. The summed E-state index contributed by atoms with van der Waals surface area (Å²) in [5.74, 6) is 0.0752. The van der Waals surface area contributed by atoms with Crippen LogP contribution in [-0.2, 0) is 11.2 Å². The Morgan fingerprint density at radius 3 is 2.82 bits per heavy atom. The third kappa shape index (κ3) is 0.827. The molecule has 0 aliphatic carbocycles. The van der Waals surface area contributed by atoms with E-state index in [4.69, 9.17) is 0 Å². The van der Waals surface area contributed by atoms with Crippen molar-refractivity contribution in [3.63, 3.8) is 0 Å². The average Bonchev–Trinajstić information content (AvgIpc) is 2.30. The number of nitrogens with zero attached hydrogens (tertiary/aromatic N) is 1. The molecule has 1 heterocycles. The van der Waals surface area contributed by atoms with E-state index in [1.807, 2.05) is 24.3 Å². The van der Waals surface area contributed by atoms with Crippen LogP contribution >= 0.6 is 0 Å². The van der Waals surface area contributed by atoms with Crippen LogP contribution in [0.5, 0.6) is 0 Å². The first-order valence-corrected chi connectivity index (χ1v) is 3.50. The zero-order valence-electron chi connectivity index (χ0n) is 6.08. The number of hydrogen-bond acceptors (Lipinski definition) is 1. The maximum absolute atomic E-state index is 11.1. The minimum Gasteiger partial charge on any atom is -0.310 e. The summed E-state index contributed by atoms with van der Waals surface area (Å²) < 4.78 is 0. The topological polar surface area (TPSA) is 20.3 Å². The highest BCUT2D eigenvalue weighted by molar-refractivity contribution is 6.01. The van der Waals surface area contributed by atoms with Gasteiger partial charge in [-0.15, -0.1) is 0 Å². The molecule has 2 nitrogen and oxygen atoms in total. The molecule has 0 atom stereocenters. The van der Waals surface area contributed by atoms with Crippen molar-refractivity contribution in [2.45, 2.75) is 6.42 Å². The molecule has 1 aliphatic heterocycles. The summed E-state index contributed by atoms with van der Waals surface area (Å²) in [6, 6.07) is 7.71. The Kier molecular flexibility index (Phi) is 1.22. The van der Waals surface area contributed by atoms with Crippen LogP contribution in [0.4, 0.5) is 5.69 Å². The lowest BCUT2D eigenvalue weighted by Gasteiger charge is -2.07. The van der Waals surface area contributed by atoms with E-state index in [1.54, 1.807) is 0 Å². The lowest BCUT2D eigenvalue weighted by Crippen LogP contribution is -2.17. The van der Waals surface area contributed by atoms with Gasteiger partial charge in [-0.2, -0.15) is 0 Å². The minimum absolute atomic E-state index is 0.0752. The highest BCUT2D eigenvalue weighted by Gasteiger charge is 2.22. The number of anilines is 1. The smallest absolute Gasteiger partial charge is 0.231 e. The first-order chi connectivity index (χ1) is 5.29. The Balaban J connectivity index is 2.55. The lowest BCUT2D eigenvalue weighted by atomic mass is 10.2. The molecule has 0 spiro atoms. The molecule has 0 saturated carbocycles. The zero-order chi connectivity index (χ0) is 7.84. The summed E-state index contributed by atoms with van der Waals surface area (Å²) in [5.41, 5.74) is 2.02. The maximum atomic E-state index is 11.1. The van der Waals surface area contributed by atoms with Crippen molar-refractivity contribution >= 4 is 11.6 Å². The third-order valence-corrected chi connectivity index (χ3v) is 1.93. The Bertz CT molecular complexity index is 306. The summed E-state index contributed by atoms with van der Waals surface area (Å²) in [4.78, 5) is 12.5. The molecule has 1 aromatic carbocycles. The van der Waals surface area contributed by atoms with Crippen LogP contribution in [0.1, 0.15) is 5.56 Å². The molecule has 1 aromatic rings. The standard InChI is InChI=1S/C9H8NO/c1-10-8-5-3-2-4-7(8)6-9(10)11/h2-5H,1,6H2. The van der Waals surface area contributed by atoms with Crippen molar-refractivity contribution in [2.75, 3.05) is 4.90 Å². The summed E-state index contributed by atoms with van der Waals surface area (Å²) in [6.07, 6.45) is 0.500. The van der Waals surface area contributed by atoms with E-state index in [2.05, 4.69) is 7.05 Å². The van der Waals surface area contributed by atoms with Gasteiger partial charge in [0.2, 0.25) is 5.91 Å². The predicted molar refractivity (Wildman–Crippen MR) is 43.0 cm³/mol. The second-order valence-corrected chi connectivity index (χ2v) is 2.63. The van der Waals surface area contributed by atoms with Gasteiger partial charge in [-0.25, -0.2) is 0 Å². The molecule has 0 aromatic heterocycles. The van der Waals surface area contributed by atoms with Gasteiger partial charge < -0.3 is 4.90 Å². The fourth-order valence-electron chi connectivity index (χ4n) is 1.32. The van der Waals surface area contributed by atoms with Crippen LogP contribution in [0.3, 0.4) is 0 Å². The van der Waals surface area contributed by atoms with Crippen molar-refractivity contribution in [1.29, 1.82) is 0 Å². The molecular weight excluding hydrogens is 138 g/mol. The van der Waals surface area contributed by atoms with Crippen molar-refractivity contribution in [3.05, 3.63) is 36.9 Å². The highest BCUT2D eigenvalue weighted by Crippen LogP contribution is 2.26. The molecule has 2 heteroatoms. The van der Waals surface area contributed by atoms with Crippen molar-refractivity contribution in [1.82, 2.24) is 0 Å². The number of hydrogen-bond donors (Lipinski definition) is 0. The van der Waals surface area contributed by atoms with E-state index in [-0.39, 0.29) is 5.91 Å². The molecule has 0 N–H and O–H groups in total. The quantitative estimate of drug-likeness (QED) is 0.541. The molecule has 0 bridgehead atoms. The van der Waals surface area contributed by atoms with Gasteiger partial charge in [-0.3, -0.25) is 4.79 Å². The van der Waals surface area contributed by atoms with Crippen molar-refractivity contribution in [2.24, 2.45) is 0 Å². The molecular formula is C9H8NO. The summed E-state index contributed by atoms with van der Waals surface area (Å²) in [5, 5.41) is 0. The lowest BCUT2D eigenvalue weighted by molar-refractivity contribution is -0.116. The van der Waals surface area contributed by atoms with Gasteiger partial charge in [0.25, 0.3) is 0 Å². The van der Waals surface area contributed by atoms with Gasteiger partial charge in [0.1, 0.15) is 0 Å². The number of benzene rings is 1. The number of carbonyl (C=O) groups excluding carboxylic acids is 1. The molecule has 11 heavy (non-hydrogen) atoms. The van der Waals surface area contributed by atoms with E-state index in [0.29, 0.717) is 6.42 Å². The molecule has 1 amide bonds. The Morgan fingerprint density at radius 2 is 2.09 bits per heavy atom. The normalized spacial score (nSPS) is 15.4. The van der Waals surface area contributed by atoms with Gasteiger partial charge in [0.15, 0.2) is 0 Å². The van der Waals surface area contributed by atoms with Gasteiger partial charge in [0, 0.05) is 12.7 Å². The fourth-order valence-corrected chi connectivity index (χ4v) is 1.32. The first-order valence-electron chi connectivity index (χ1n) is 3.50.